The predicted molar refractivity (Wildman–Crippen MR) is 464 cm³/mol. The Morgan fingerprint density at radius 2 is 0.679 bits per heavy atom. The van der Waals surface area contributed by atoms with E-state index in [1.54, 1.807) is 59.8 Å². The summed E-state index contributed by atoms with van der Waals surface area (Å²) in [6.07, 6.45) is 9.59. The van der Waals surface area contributed by atoms with Crippen molar-refractivity contribution in [2.24, 2.45) is 35.2 Å². The third kappa shape index (κ3) is 15.5. The molecule has 0 fully saturated rings. The van der Waals surface area contributed by atoms with Crippen molar-refractivity contribution in [1.29, 1.82) is 0 Å². The molecule has 0 spiro atoms. The topological polar surface area (TPSA) is 58.8 Å². The minimum absolute atomic E-state index is 0.263. The zero-order valence-corrected chi connectivity index (χ0v) is 66.2. The maximum Gasteiger partial charge on any atom is 0.216 e. The molecule has 0 aliphatic heterocycles. The van der Waals surface area contributed by atoms with E-state index < -0.39 is 27.4 Å². The molecule has 0 saturated carbocycles. The number of hydrogen-bond acceptors (Lipinski definition) is 3. The highest BCUT2D eigenvalue weighted by Gasteiger charge is 2.26. The lowest BCUT2D eigenvalue weighted by Gasteiger charge is -2.12. The van der Waals surface area contributed by atoms with Gasteiger partial charge in [0.2, 0.25) is 28.5 Å². The molecule has 0 atom stereocenters. The minimum Gasteiger partial charge on any atom is -0.455 e. The van der Waals surface area contributed by atoms with Crippen molar-refractivity contribution in [2.75, 3.05) is 0 Å². The number of nitrogens with zero attached hydrogens (tertiary/aromatic N) is 5. The average molecular weight is 1480 g/mol. The highest BCUT2D eigenvalue weighted by molar-refractivity contribution is 6.12. The molecule has 0 unspecified atom stereocenters. The predicted octanol–water partition coefficient (Wildman–Crippen LogP) is 24.4. The second-order valence-corrected chi connectivity index (χ2v) is 29.6. The number of hydrogen-bond donors (Lipinski definition) is 0. The van der Waals surface area contributed by atoms with Crippen LogP contribution < -0.4 is 22.8 Å². The molecule has 0 bridgehead atoms. The van der Waals surface area contributed by atoms with Gasteiger partial charge in [-0.2, -0.15) is 0 Å². The first-order valence-corrected chi connectivity index (χ1v) is 37.9. The fourth-order valence-electron chi connectivity index (χ4n) is 15.2. The summed E-state index contributed by atoms with van der Waals surface area (Å²) in [5.41, 5.74) is 29.0. The highest BCUT2D eigenvalue weighted by Crippen LogP contribution is 2.41. The maximum absolute atomic E-state index is 7.97. The number of fused-ring (bicyclic) bond motifs is 9. The first-order chi connectivity index (χ1) is 58.8. The van der Waals surface area contributed by atoms with Crippen molar-refractivity contribution in [3.8, 4) is 78.5 Å². The summed E-state index contributed by atoms with van der Waals surface area (Å²) < 4.78 is 122. The van der Waals surface area contributed by atoms with Crippen LogP contribution in [0.2, 0.25) is 0 Å². The van der Waals surface area contributed by atoms with Crippen molar-refractivity contribution < 1.29 is 52.5 Å². The van der Waals surface area contributed by atoms with Crippen molar-refractivity contribution >= 4 is 65.8 Å². The van der Waals surface area contributed by atoms with E-state index in [1.807, 2.05) is 142 Å². The minimum atomic E-state index is -2.24. The SMILES string of the molecule is Cc1ccc(-c2c(C)ccc3c2oc2ccccc23)[n+](C)c1.Cc1ccc2c(oc3ccccc32)c1-c1cc(C(C)C)cc[n+]1C.Cc1ccc2c(oc3ccccc32)c1-c1cccc[n+]1C.[2H]C([2H])([2H])c1c[n+](C)c(-c2cc(-c3ccccc3)c(C([2H])([2H])[2H])cc2C)cc1C.[2H]C([2H])([2H])c1ccc(-c2cc(-c3ccccc3)c(C([2H])([2H])[2H])cc2C)[n+](C)c1. The summed E-state index contributed by atoms with van der Waals surface area (Å²) in [6.45, 7) is 9.71. The molecule has 0 radical (unpaired) electrons. The standard InChI is InChI=1S/C22H22NO.C22H24N.C21H22N.C20H18NO.C19H16NO/c1-14(2)16-11-12-23(4)19(13-16)21-15(3)9-10-18-17-7-5-6-8-20(17)24-22(18)21;1-15-12-22(23(5)14-18(15)4)21-13-20(16(2)11-17(21)3)19-9-7-6-8-10-19;1-15-10-11-21(22(4)14-15)20-13-19(16(2)12-17(20)3)18-8-6-5-7-9-18;1-13-8-11-17(21(3)12-13)19-14(2)9-10-16-15-6-4-5-7-18(15)22-20(16)19;1-13-10-11-15-14-7-3-4-9-17(14)21-19(15)18(13)16-8-5-6-12-20(16)2/h5-14H,1-4H3;6-14H,1-5H3;5-14H,1-4H3;4-12H,1-3H3;3-12H,1-2H3/q5*+1/i;2D3,4D3;1D3,2D3;;. The fourth-order valence-corrected chi connectivity index (χ4v) is 15.2. The van der Waals surface area contributed by atoms with Crippen molar-refractivity contribution in [1.82, 2.24) is 0 Å². The van der Waals surface area contributed by atoms with Gasteiger partial charge in [-0.3, -0.25) is 0 Å². The van der Waals surface area contributed by atoms with Crippen molar-refractivity contribution in [3.63, 3.8) is 0 Å². The summed E-state index contributed by atoms with van der Waals surface area (Å²) in [7, 11) is 9.85. The normalized spacial score (nSPS) is 13.2. The number of aryl methyl sites for hydroxylation is 16. The number of para-hydroxylation sites is 3. The molecule has 112 heavy (non-hydrogen) atoms. The Balaban J connectivity index is 0.000000127. The molecule has 18 aromatic rings. The van der Waals surface area contributed by atoms with E-state index in [9.17, 15) is 0 Å². The van der Waals surface area contributed by atoms with Crippen molar-refractivity contribution in [3.05, 3.63) is 353 Å². The third-order valence-corrected chi connectivity index (χ3v) is 21.3. The monoisotopic (exact) mass is 1480 g/mol. The Morgan fingerprint density at radius 1 is 0.268 bits per heavy atom. The van der Waals surface area contributed by atoms with Gasteiger partial charge in [0.25, 0.3) is 0 Å². The lowest BCUT2D eigenvalue weighted by molar-refractivity contribution is -0.660. The fraction of sp³-hybridized carbons (Fsp3) is 0.183. The molecule has 8 aromatic heterocycles. The van der Waals surface area contributed by atoms with Gasteiger partial charge in [-0.1, -0.05) is 178 Å². The molecule has 8 heteroatoms. The summed E-state index contributed by atoms with van der Waals surface area (Å²) >= 11 is 0. The van der Waals surface area contributed by atoms with Gasteiger partial charge in [-0.05, 0) is 203 Å². The second kappa shape index (κ2) is 32.5. The van der Waals surface area contributed by atoms with Gasteiger partial charge in [0.05, 0.1) is 16.7 Å². The van der Waals surface area contributed by atoms with E-state index in [1.165, 1.54) is 93.9 Å². The molecule has 8 nitrogen and oxygen atoms in total. The molecule has 0 aliphatic rings. The maximum atomic E-state index is 7.97. The second-order valence-electron chi connectivity index (χ2n) is 29.6. The van der Waals surface area contributed by atoms with Gasteiger partial charge in [-0.25, -0.2) is 22.8 Å². The molecule has 18 rings (SSSR count). The molecule has 0 saturated heterocycles. The first-order valence-electron chi connectivity index (χ1n) is 43.9. The van der Waals surface area contributed by atoms with Crippen molar-refractivity contribution in [2.45, 2.75) is 95.6 Å². The Bertz CT molecular complexity index is 7060. The van der Waals surface area contributed by atoms with E-state index in [2.05, 4.69) is 204 Å². The Kier molecular flexibility index (Phi) is 18.0. The zero-order chi connectivity index (χ0) is 88.8. The van der Waals surface area contributed by atoms with Crippen LogP contribution in [0.5, 0.6) is 0 Å². The van der Waals surface area contributed by atoms with Gasteiger partial charge in [0.15, 0.2) is 31.0 Å². The quantitative estimate of drug-likeness (QED) is 0.142. The van der Waals surface area contributed by atoms with Crippen LogP contribution >= 0.6 is 0 Å². The molecular weight excluding hydrogens is 1370 g/mol. The third-order valence-electron chi connectivity index (χ3n) is 21.3. The molecule has 0 N–H and O–H groups in total. The number of benzene rings is 10. The smallest absolute Gasteiger partial charge is 0.216 e. The van der Waals surface area contributed by atoms with E-state index in [-0.39, 0.29) is 5.56 Å². The first kappa shape index (κ1) is 62.1. The van der Waals surface area contributed by atoms with Crippen LogP contribution in [0.4, 0.5) is 0 Å². The molecule has 10 aromatic carbocycles. The number of pyridine rings is 5. The van der Waals surface area contributed by atoms with Gasteiger partial charge < -0.3 is 13.3 Å². The Labute approximate surface area is 676 Å². The lowest BCUT2D eigenvalue weighted by Crippen LogP contribution is -2.31. The number of aromatic nitrogens is 5. The Morgan fingerprint density at radius 3 is 1.14 bits per heavy atom. The summed E-state index contributed by atoms with van der Waals surface area (Å²) in [5, 5.41) is 7.06. The molecule has 0 aliphatic carbocycles. The van der Waals surface area contributed by atoms with Crippen LogP contribution in [0.15, 0.2) is 299 Å². The van der Waals surface area contributed by atoms with Crippen LogP contribution in [0.25, 0.3) is 144 Å². The van der Waals surface area contributed by atoms with Crippen LogP contribution in [0.1, 0.15) is 103 Å². The molecule has 556 valence electrons. The summed E-state index contributed by atoms with van der Waals surface area (Å²) in [5.74, 6) is 0.500. The lowest BCUT2D eigenvalue weighted by atomic mass is 9.93. The highest BCUT2D eigenvalue weighted by atomic mass is 16.3. The van der Waals surface area contributed by atoms with Gasteiger partial charge in [-0.15, -0.1) is 0 Å². The van der Waals surface area contributed by atoms with Gasteiger partial charge >= 0.3 is 0 Å². The number of rotatable bonds is 8. The van der Waals surface area contributed by atoms with Crippen LogP contribution in [-0.4, -0.2) is 0 Å². The van der Waals surface area contributed by atoms with E-state index in [4.69, 9.17) is 29.7 Å². The summed E-state index contributed by atoms with van der Waals surface area (Å²) in [4.78, 5) is 0. The van der Waals surface area contributed by atoms with Gasteiger partial charge in [0.1, 0.15) is 68.7 Å². The van der Waals surface area contributed by atoms with E-state index in [0.717, 1.165) is 78.3 Å². The average Bonchev–Trinajstić information content (AvgIpc) is 1.63. The number of furan rings is 3. The molecule has 8 heterocycles. The summed E-state index contributed by atoms with van der Waals surface area (Å²) in [6, 6.07) is 84.1. The van der Waals surface area contributed by atoms with Crippen LogP contribution in [-0.2, 0) is 35.2 Å². The molecule has 0 amide bonds. The van der Waals surface area contributed by atoms with Crippen LogP contribution in [0.3, 0.4) is 0 Å². The Hall–Kier alpha value is -12.7. The van der Waals surface area contributed by atoms with Crippen LogP contribution in [0, 0.1) is 75.9 Å². The van der Waals surface area contributed by atoms with E-state index in [0.29, 0.717) is 39.3 Å². The molecular formula is C104H102N5O3+5. The largest absolute Gasteiger partial charge is 0.455 e. The van der Waals surface area contributed by atoms with Gasteiger partial charge in [0, 0.05) is 119 Å². The van der Waals surface area contributed by atoms with E-state index >= 15 is 0 Å². The zero-order valence-electron chi connectivity index (χ0n) is 78.2.